The number of nitrogens with two attached hydrogens (primary N) is 1. The lowest BCUT2D eigenvalue weighted by Crippen LogP contribution is -2.58. The van der Waals surface area contributed by atoms with Crippen molar-refractivity contribution in [3.05, 3.63) is 16.1 Å². The lowest BCUT2D eigenvalue weighted by Gasteiger charge is -2.38. The largest absolute Gasteiger partial charge is 0.339 e. The molecule has 2 heterocycles. The standard InChI is InChI=1S/C15H26N4OS/c1-4-5-15(3,16)14(20)19-8-6-18(7-9-19)11-13-10-17-12(2)21-13/h10H,4-9,11,16H2,1-3H3. The van der Waals surface area contributed by atoms with E-state index in [0.29, 0.717) is 0 Å². The molecule has 6 heteroatoms. The topological polar surface area (TPSA) is 62.5 Å². The van der Waals surface area contributed by atoms with Crippen molar-refractivity contribution in [3.8, 4) is 0 Å². The molecule has 2 rings (SSSR count). The molecule has 1 saturated heterocycles. The average molecular weight is 310 g/mol. The van der Waals surface area contributed by atoms with Crippen LogP contribution in [0.15, 0.2) is 6.20 Å². The van der Waals surface area contributed by atoms with Crippen LogP contribution in [0.4, 0.5) is 0 Å². The Kier molecular flexibility index (Phi) is 5.35. The first kappa shape index (κ1) is 16.4. The molecule has 0 aromatic carbocycles. The molecule has 1 aliphatic heterocycles. The summed E-state index contributed by atoms with van der Waals surface area (Å²) in [6.45, 7) is 10.2. The van der Waals surface area contributed by atoms with E-state index in [0.717, 1.165) is 50.6 Å². The summed E-state index contributed by atoms with van der Waals surface area (Å²) < 4.78 is 0. The van der Waals surface area contributed by atoms with E-state index >= 15 is 0 Å². The Balaban J connectivity index is 1.84. The molecule has 0 aliphatic carbocycles. The predicted octanol–water partition coefficient (Wildman–Crippen LogP) is 1.61. The highest BCUT2D eigenvalue weighted by atomic mass is 32.1. The number of aromatic nitrogens is 1. The maximum Gasteiger partial charge on any atom is 0.242 e. The Morgan fingerprint density at radius 2 is 2.10 bits per heavy atom. The van der Waals surface area contributed by atoms with Crippen LogP contribution >= 0.6 is 11.3 Å². The minimum Gasteiger partial charge on any atom is -0.339 e. The van der Waals surface area contributed by atoms with Crippen LogP contribution in [-0.4, -0.2) is 52.4 Å². The number of piperazine rings is 1. The summed E-state index contributed by atoms with van der Waals surface area (Å²) in [6, 6.07) is 0. The lowest BCUT2D eigenvalue weighted by molar-refractivity contribution is -0.138. The summed E-state index contributed by atoms with van der Waals surface area (Å²) in [6.07, 6.45) is 3.63. The van der Waals surface area contributed by atoms with Crippen molar-refractivity contribution in [2.75, 3.05) is 26.2 Å². The van der Waals surface area contributed by atoms with E-state index in [1.165, 1.54) is 4.88 Å². The zero-order valence-corrected chi connectivity index (χ0v) is 14.1. The second-order valence-electron chi connectivity index (χ2n) is 6.08. The van der Waals surface area contributed by atoms with Gasteiger partial charge in [0.15, 0.2) is 0 Å². The summed E-state index contributed by atoms with van der Waals surface area (Å²) in [5, 5.41) is 1.11. The van der Waals surface area contributed by atoms with Crippen LogP contribution in [0.1, 0.15) is 36.6 Å². The Morgan fingerprint density at radius 1 is 1.43 bits per heavy atom. The molecule has 1 atom stereocenters. The van der Waals surface area contributed by atoms with Crippen molar-refractivity contribution in [2.24, 2.45) is 5.73 Å². The third-order valence-corrected chi connectivity index (χ3v) is 4.86. The fourth-order valence-corrected chi connectivity index (χ4v) is 3.63. The quantitative estimate of drug-likeness (QED) is 0.897. The molecule has 1 aromatic heterocycles. The van der Waals surface area contributed by atoms with E-state index in [1.54, 1.807) is 11.3 Å². The average Bonchev–Trinajstić information content (AvgIpc) is 2.84. The molecule has 118 valence electrons. The smallest absolute Gasteiger partial charge is 0.242 e. The number of rotatable bonds is 5. The molecular weight excluding hydrogens is 284 g/mol. The van der Waals surface area contributed by atoms with Gasteiger partial charge >= 0.3 is 0 Å². The molecule has 0 radical (unpaired) electrons. The third kappa shape index (κ3) is 4.25. The molecule has 1 aliphatic rings. The lowest BCUT2D eigenvalue weighted by atomic mass is 9.95. The fourth-order valence-electron chi connectivity index (χ4n) is 2.80. The van der Waals surface area contributed by atoms with Crippen molar-refractivity contribution < 1.29 is 4.79 Å². The van der Waals surface area contributed by atoms with Gasteiger partial charge in [0.25, 0.3) is 0 Å². The molecule has 0 saturated carbocycles. The van der Waals surface area contributed by atoms with E-state index in [2.05, 4.69) is 16.8 Å². The molecule has 1 unspecified atom stereocenters. The van der Waals surface area contributed by atoms with Gasteiger partial charge in [-0.2, -0.15) is 0 Å². The number of aryl methyl sites for hydroxylation is 1. The SMILES string of the molecule is CCCC(C)(N)C(=O)N1CCN(Cc2cnc(C)s2)CC1. The normalized spacial score (nSPS) is 19.5. The first-order valence-electron chi connectivity index (χ1n) is 7.64. The predicted molar refractivity (Wildman–Crippen MR) is 86.2 cm³/mol. The van der Waals surface area contributed by atoms with Gasteiger partial charge in [-0.3, -0.25) is 9.69 Å². The molecule has 1 fully saturated rings. The molecule has 21 heavy (non-hydrogen) atoms. The van der Waals surface area contributed by atoms with E-state index in [9.17, 15) is 4.79 Å². The van der Waals surface area contributed by atoms with E-state index in [-0.39, 0.29) is 5.91 Å². The number of nitrogens with zero attached hydrogens (tertiary/aromatic N) is 3. The van der Waals surface area contributed by atoms with E-state index in [1.807, 2.05) is 24.9 Å². The Labute approximate surface area is 131 Å². The fraction of sp³-hybridized carbons (Fsp3) is 0.733. The number of hydrogen-bond acceptors (Lipinski definition) is 5. The first-order chi connectivity index (χ1) is 9.92. The van der Waals surface area contributed by atoms with Crippen LogP contribution in [-0.2, 0) is 11.3 Å². The Hall–Kier alpha value is -0.980. The van der Waals surface area contributed by atoms with Gasteiger partial charge in [-0.15, -0.1) is 11.3 Å². The maximum atomic E-state index is 12.5. The van der Waals surface area contributed by atoms with Crippen molar-refractivity contribution in [3.63, 3.8) is 0 Å². The van der Waals surface area contributed by atoms with E-state index < -0.39 is 5.54 Å². The zero-order valence-electron chi connectivity index (χ0n) is 13.3. The minimum absolute atomic E-state index is 0.0950. The van der Waals surface area contributed by atoms with Crippen LogP contribution in [0, 0.1) is 6.92 Å². The number of carbonyl (C=O) groups is 1. The van der Waals surface area contributed by atoms with Gasteiger partial charge in [-0.25, -0.2) is 4.98 Å². The van der Waals surface area contributed by atoms with Gasteiger partial charge in [-0.05, 0) is 20.3 Å². The summed E-state index contributed by atoms with van der Waals surface area (Å²) in [4.78, 5) is 22.3. The highest BCUT2D eigenvalue weighted by Gasteiger charge is 2.33. The number of hydrogen-bond donors (Lipinski definition) is 1. The second-order valence-corrected chi connectivity index (χ2v) is 7.40. The molecule has 1 aromatic rings. The first-order valence-corrected chi connectivity index (χ1v) is 8.46. The monoisotopic (exact) mass is 310 g/mol. The number of carbonyl (C=O) groups excluding carboxylic acids is 1. The van der Waals surface area contributed by atoms with Gasteiger partial charge < -0.3 is 10.6 Å². The van der Waals surface area contributed by atoms with Crippen molar-refractivity contribution in [1.82, 2.24) is 14.8 Å². The second kappa shape index (κ2) is 6.85. The summed E-state index contributed by atoms with van der Waals surface area (Å²) >= 11 is 1.75. The van der Waals surface area contributed by atoms with Crippen LogP contribution in [0.2, 0.25) is 0 Å². The van der Waals surface area contributed by atoms with Gasteiger partial charge in [-0.1, -0.05) is 13.3 Å². The zero-order chi connectivity index (χ0) is 15.5. The van der Waals surface area contributed by atoms with E-state index in [4.69, 9.17) is 5.73 Å². The minimum atomic E-state index is -0.717. The van der Waals surface area contributed by atoms with Gasteiger partial charge in [0.1, 0.15) is 0 Å². The van der Waals surface area contributed by atoms with Crippen LogP contribution in [0.3, 0.4) is 0 Å². The summed E-state index contributed by atoms with van der Waals surface area (Å²) in [5.41, 5.74) is 5.43. The number of thiazole rings is 1. The maximum absolute atomic E-state index is 12.5. The summed E-state index contributed by atoms with van der Waals surface area (Å²) in [7, 11) is 0. The van der Waals surface area contributed by atoms with Gasteiger partial charge in [0.2, 0.25) is 5.91 Å². The molecular formula is C15H26N4OS. The van der Waals surface area contributed by atoms with Crippen LogP contribution in [0.25, 0.3) is 0 Å². The number of amides is 1. The van der Waals surface area contributed by atoms with Crippen LogP contribution < -0.4 is 5.73 Å². The molecule has 5 nitrogen and oxygen atoms in total. The van der Waals surface area contributed by atoms with Crippen molar-refractivity contribution in [2.45, 2.75) is 45.7 Å². The molecule has 1 amide bonds. The molecule has 0 bridgehead atoms. The van der Waals surface area contributed by atoms with Crippen LogP contribution in [0.5, 0.6) is 0 Å². The van der Waals surface area contributed by atoms with Gasteiger partial charge in [0.05, 0.1) is 10.5 Å². The highest BCUT2D eigenvalue weighted by molar-refractivity contribution is 7.11. The molecule has 2 N–H and O–H groups in total. The van der Waals surface area contributed by atoms with Gasteiger partial charge in [0, 0.05) is 43.8 Å². The Morgan fingerprint density at radius 3 is 2.62 bits per heavy atom. The van der Waals surface area contributed by atoms with Crippen molar-refractivity contribution in [1.29, 1.82) is 0 Å². The Bertz CT molecular complexity index is 478. The third-order valence-electron chi connectivity index (χ3n) is 3.97. The van der Waals surface area contributed by atoms with Crippen molar-refractivity contribution >= 4 is 17.2 Å². The molecule has 0 spiro atoms. The summed E-state index contributed by atoms with van der Waals surface area (Å²) in [5.74, 6) is 0.0950. The highest BCUT2D eigenvalue weighted by Crippen LogP contribution is 2.18.